The molecule has 1 saturated heterocycles. The molecule has 0 atom stereocenters. The zero-order valence-electron chi connectivity index (χ0n) is 12.2. The van der Waals surface area contributed by atoms with Crippen LogP contribution < -0.4 is 0 Å². The van der Waals surface area contributed by atoms with Gasteiger partial charge in [0, 0.05) is 18.4 Å². The lowest BCUT2D eigenvalue weighted by Crippen LogP contribution is -2.49. The SMILES string of the molecule is CCC1(CC)CC(=O)N(C(C)(C)CCC(=O)O)C1=O. The summed E-state index contributed by atoms with van der Waals surface area (Å²) in [6.07, 6.45) is 1.76. The van der Waals surface area contributed by atoms with Crippen molar-refractivity contribution < 1.29 is 19.5 Å². The van der Waals surface area contributed by atoms with Crippen LogP contribution in [-0.2, 0) is 14.4 Å². The molecule has 0 aromatic carbocycles. The molecule has 2 amide bonds. The van der Waals surface area contributed by atoms with E-state index in [1.807, 2.05) is 13.8 Å². The Bertz CT molecular complexity index is 396. The molecular formula is C14H23NO4. The summed E-state index contributed by atoms with van der Waals surface area (Å²) in [6.45, 7) is 7.35. The fourth-order valence-corrected chi connectivity index (χ4v) is 2.73. The topological polar surface area (TPSA) is 74.7 Å². The van der Waals surface area contributed by atoms with Crippen molar-refractivity contribution in [3.05, 3.63) is 0 Å². The molecule has 1 heterocycles. The van der Waals surface area contributed by atoms with Gasteiger partial charge in [0.15, 0.2) is 0 Å². The first-order valence-corrected chi connectivity index (χ1v) is 6.79. The second kappa shape index (κ2) is 5.31. The number of hydrogen-bond donors (Lipinski definition) is 1. The Morgan fingerprint density at radius 2 is 1.84 bits per heavy atom. The summed E-state index contributed by atoms with van der Waals surface area (Å²) in [4.78, 5) is 36.7. The summed E-state index contributed by atoms with van der Waals surface area (Å²) in [5.74, 6) is -1.23. The third-order valence-electron chi connectivity index (χ3n) is 4.31. The van der Waals surface area contributed by atoms with Gasteiger partial charge in [-0.2, -0.15) is 0 Å². The van der Waals surface area contributed by atoms with Crippen molar-refractivity contribution in [2.24, 2.45) is 5.41 Å². The van der Waals surface area contributed by atoms with E-state index in [4.69, 9.17) is 5.11 Å². The van der Waals surface area contributed by atoms with Crippen LogP contribution in [0.15, 0.2) is 0 Å². The highest BCUT2D eigenvalue weighted by molar-refractivity contribution is 6.06. The van der Waals surface area contributed by atoms with Crippen LogP contribution in [-0.4, -0.2) is 33.3 Å². The maximum absolute atomic E-state index is 12.5. The molecule has 0 saturated carbocycles. The molecule has 0 spiro atoms. The summed E-state index contributed by atoms with van der Waals surface area (Å²) >= 11 is 0. The number of likely N-dealkylation sites (tertiary alicyclic amines) is 1. The first kappa shape index (κ1) is 15.7. The smallest absolute Gasteiger partial charge is 0.303 e. The van der Waals surface area contributed by atoms with E-state index in [2.05, 4.69) is 0 Å². The zero-order valence-corrected chi connectivity index (χ0v) is 12.2. The Balaban J connectivity index is 2.97. The van der Waals surface area contributed by atoms with Crippen LogP contribution in [0.5, 0.6) is 0 Å². The predicted octanol–water partition coefficient (Wildman–Crippen LogP) is 2.20. The number of rotatable bonds is 6. The molecule has 0 aromatic rings. The summed E-state index contributed by atoms with van der Waals surface area (Å²) in [5, 5.41) is 8.76. The quantitative estimate of drug-likeness (QED) is 0.750. The van der Waals surface area contributed by atoms with Gasteiger partial charge in [-0.15, -0.1) is 0 Å². The van der Waals surface area contributed by atoms with E-state index in [0.717, 1.165) is 0 Å². The average molecular weight is 269 g/mol. The van der Waals surface area contributed by atoms with Gasteiger partial charge in [0.1, 0.15) is 0 Å². The summed E-state index contributed by atoms with van der Waals surface area (Å²) in [6, 6.07) is 0. The molecule has 108 valence electrons. The standard InChI is InChI=1S/C14H23NO4/c1-5-14(6-2)9-10(16)15(12(14)19)13(3,4)8-7-11(17)18/h5-9H2,1-4H3,(H,17,18). The molecular weight excluding hydrogens is 246 g/mol. The van der Waals surface area contributed by atoms with Gasteiger partial charge in [0.25, 0.3) is 0 Å². The maximum atomic E-state index is 12.5. The van der Waals surface area contributed by atoms with Gasteiger partial charge < -0.3 is 5.11 Å². The van der Waals surface area contributed by atoms with Gasteiger partial charge in [-0.1, -0.05) is 13.8 Å². The molecule has 1 N–H and O–H groups in total. The number of aliphatic carboxylic acids is 1. The second-order valence-corrected chi connectivity index (χ2v) is 5.90. The highest BCUT2D eigenvalue weighted by atomic mass is 16.4. The first-order valence-electron chi connectivity index (χ1n) is 6.79. The van der Waals surface area contributed by atoms with Gasteiger partial charge >= 0.3 is 5.97 Å². The molecule has 0 aromatic heterocycles. The molecule has 1 aliphatic rings. The number of carbonyl (C=O) groups is 3. The van der Waals surface area contributed by atoms with Gasteiger partial charge in [-0.3, -0.25) is 19.3 Å². The van der Waals surface area contributed by atoms with Gasteiger partial charge in [-0.25, -0.2) is 0 Å². The molecule has 0 bridgehead atoms. The van der Waals surface area contributed by atoms with Gasteiger partial charge in [-0.05, 0) is 33.1 Å². The van der Waals surface area contributed by atoms with Crippen molar-refractivity contribution in [2.75, 3.05) is 0 Å². The molecule has 0 unspecified atom stereocenters. The van der Waals surface area contributed by atoms with E-state index in [1.54, 1.807) is 13.8 Å². The normalized spacial score (nSPS) is 19.1. The number of imide groups is 1. The van der Waals surface area contributed by atoms with E-state index < -0.39 is 16.9 Å². The minimum Gasteiger partial charge on any atom is -0.481 e. The highest BCUT2D eigenvalue weighted by Crippen LogP contribution is 2.42. The van der Waals surface area contributed by atoms with E-state index in [0.29, 0.717) is 12.8 Å². The van der Waals surface area contributed by atoms with Crippen molar-refractivity contribution in [1.29, 1.82) is 0 Å². The largest absolute Gasteiger partial charge is 0.481 e. The number of carboxylic acids is 1. The Morgan fingerprint density at radius 1 is 1.32 bits per heavy atom. The molecule has 0 aliphatic carbocycles. The van der Waals surface area contributed by atoms with Crippen molar-refractivity contribution in [1.82, 2.24) is 4.90 Å². The van der Waals surface area contributed by atoms with Crippen LogP contribution >= 0.6 is 0 Å². The zero-order chi connectivity index (χ0) is 14.8. The minimum absolute atomic E-state index is 0.0463. The number of nitrogens with zero attached hydrogens (tertiary/aromatic N) is 1. The maximum Gasteiger partial charge on any atom is 0.303 e. The van der Waals surface area contributed by atoms with Crippen LogP contribution in [0.3, 0.4) is 0 Å². The third-order valence-corrected chi connectivity index (χ3v) is 4.31. The Kier molecular flexibility index (Phi) is 4.38. The predicted molar refractivity (Wildman–Crippen MR) is 70.4 cm³/mol. The fourth-order valence-electron chi connectivity index (χ4n) is 2.73. The minimum atomic E-state index is -0.913. The lowest BCUT2D eigenvalue weighted by atomic mass is 9.80. The van der Waals surface area contributed by atoms with E-state index >= 15 is 0 Å². The summed E-state index contributed by atoms with van der Waals surface area (Å²) < 4.78 is 0. The molecule has 19 heavy (non-hydrogen) atoms. The van der Waals surface area contributed by atoms with E-state index in [-0.39, 0.29) is 31.1 Å². The second-order valence-electron chi connectivity index (χ2n) is 5.90. The Morgan fingerprint density at radius 3 is 2.21 bits per heavy atom. The van der Waals surface area contributed by atoms with Gasteiger partial charge in [0.2, 0.25) is 11.8 Å². The van der Waals surface area contributed by atoms with E-state index in [1.165, 1.54) is 4.90 Å². The van der Waals surface area contributed by atoms with Crippen LogP contribution in [0.25, 0.3) is 0 Å². The summed E-state index contributed by atoms with van der Waals surface area (Å²) in [5.41, 5.74) is -1.32. The van der Waals surface area contributed by atoms with Crippen molar-refractivity contribution in [2.45, 2.75) is 65.3 Å². The van der Waals surface area contributed by atoms with Crippen LogP contribution in [0.4, 0.5) is 0 Å². The lowest BCUT2D eigenvalue weighted by molar-refractivity contribution is -0.149. The molecule has 5 heteroatoms. The van der Waals surface area contributed by atoms with Crippen LogP contribution in [0.1, 0.15) is 59.8 Å². The number of carbonyl (C=O) groups excluding carboxylic acids is 2. The molecule has 1 rings (SSSR count). The molecule has 0 radical (unpaired) electrons. The van der Waals surface area contributed by atoms with Gasteiger partial charge in [0.05, 0.1) is 5.41 Å². The monoisotopic (exact) mass is 269 g/mol. The Hall–Kier alpha value is -1.39. The van der Waals surface area contributed by atoms with Crippen molar-refractivity contribution in [3.63, 3.8) is 0 Å². The fraction of sp³-hybridized carbons (Fsp3) is 0.786. The third kappa shape index (κ3) is 2.80. The first-order chi connectivity index (χ1) is 8.70. The Labute approximate surface area is 114 Å². The van der Waals surface area contributed by atoms with Crippen molar-refractivity contribution in [3.8, 4) is 0 Å². The molecule has 1 aliphatic heterocycles. The average Bonchev–Trinajstić information content (AvgIpc) is 2.59. The van der Waals surface area contributed by atoms with Crippen LogP contribution in [0, 0.1) is 5.41 Å². The van der Waals surface area contributed by atoms with Crippen LogP contribution in [0.2, 0.25) is 0 Å². The highest BCUT2D eigenvalue weighted by Gasteiger charge is 2.53. The molecule has 1 fully saturated rings. The number of amides is 2. The lowest BCUT2D eigenvalue weighted by Gasteiger charge is -2.35. The number of hydrogen-bond acceptors (Lipinski definition) is 3. The summed E-state index contributed by atoms with van der Waals surface area (Å²) in [7, 11) is 0. The molecule has 5 nitrogen and oxygen atoms in total. The van der Waals surface area contributed by atoms with Crippen molar-refractivity contribution >= 4 is 17.8 Å². The number of carboxylic acid groups (broad SMARTS) is 1. The van der Waals surface area contributed by atoms with E-state index in [9.17, 15) is 14.4 Å².